The van der Waals surface area contributed by atoms with Gasteiger partial charge in [-0.05, 0) is 29.8 Å². The second-order valence-corrected chi connectivity index (χ2v) is 4.68. The second-order valence-electron chi connectivity index (χ2n) is 4.68. The molecule has 1 heterocycles. The van der Waals surface area contributed by atoms with Crippen LogP contribution in [0.4, 0.5) is 11.6 Å². The molecule has 2 N–H and O–H groups in total. The largest absolute Gasteiger partial charge is 0.469 e. The molecule has 0 amide bonds. The first kappa shape index (κ1) is 13.2. The first-order valence-corrected chi connectivity index (χ1v) is 6.62. The average Bonchev–Trinajstić information content (AvgIpc) is 2.89. The van der Waals surface area contributed by atoms with Crippen LogP contribution in [0.5, 0.6) is 0 Å². The smallest absolute Gasteiger partial charge is 0.309 e. The number of esters is 1. The molecular weight excluding hydrogens is 266 g/mol. The first-order valence-electron chi connectivity index (χ1n) is 6.62. The van der Waals surface area contributed by atoms with E-state index in [2.05, 4.69) is 20.0 Å². The monoisotopic (exact) mass is 281 g/mol. The number of carbonyl (C=O) groups is 1. The molecule has 0 fully saturated rings. The molecule has 0 saturated carbocycles. The van der Waals surface area contributed by atoms with Gasteiger partial charge in [0.05, 0.1) is 24.6 Å². The van der Waals surface area contributed by atoms with Crippen molar-refractivity contribution in [2.75, 3.05) is 12.4 Å². The van der Waals surface area contributed by atoms with E-state index in [1.54, 1.807) is 0 Å². The van der Waals surface area contributed by atoms with E-state index in [4.69, 9.17) is 0 Å². The minimum Gasteiger partial charge on any atom is -0.469 e. The minimum atomic E-state index is -0.257. The Morgan fingerprint density at radius 2 is 2.05 bits per heavy atom. The molecule has 0 aliphatic heterocycles. The van der Waals surface area contributed by atoms with Gasteiger partial charge in [-0.25, -0.2) is 4.98 Å². The first-order chi connectivity index (χ1) is 10.2. The summed E-state index contributed by atoms with van der Waals surface area (Å²) in [5.41, 5.74) is 3.58. The van der Waals surface area contributed by atoms with Crippen LogP contribution < -0.4 is 5.32 Å². The van der Waals surface area contributed by atoms with Gasteiger partial charge < -0.3 is 15.0 Å². The standard InChI is InChI=1S/C16H15N3O2/c1-21-15(20)10-11-7-8-13-14(9-11)19-16(18-13)17-12-5-3-2-4-6-12/h2-9H,10H2,1H3,(H2,17,18,19). The molecule has 5 nitrogen and oxygen atoms in total. The zero-order valence-electron chi connectivity index (χ0n) is 11.6. The molecule has 5 heteroatoms. The summed E-state index contributed by atoms with van der Waals surface area (Å²) < 4.78 is 4.67. The summed E-state index contributed by atoms with van der Waals surface area (Å²) in [7, 11) is 1.39. The van der Waals surface area contributed by atoms with E-state index in [1.165, 1.54) is 7.11 Å². The van der Waals surface area contributed by atoms with Gasteiger partial charge in [0.2, 0.25) is 5.95 Å². The van der Waals surface area contributed by atoms with E-state index >= 15 is 0 Å². The van der Waals surface area contributed by atoms with Crippen molar-refractivity contribution in [1.82, 2.24) is 9.97 Å². The number of rotatable bonds is 4. The summed E-state index contributed by atoms with van der Waals surface area (Å²) in [5.74, 6) is 0.416. The molecule has 2 aromatic carbocycles. The summed E-state index contributed by atoms with van der Waals surface area (Å²) in [6.07, 6.45) is 0.251. The van der Waals surface area contributed by atoms with Crippen LogP contribution in [0.15, 0.2) is 48.5 Å². The van der Waals surface area contributed by atoms with E-state index in [0.717, 1.165) is 22.3 Å². The maximum atomic E-state index is 11.3. The Bertz CT molecular complexity index is 766. The van der Waals surface area contributed by atoms with Crippen molar-refractivity contribution in [3.05, 3.63) is 54.1 Å². The Labute approximate surface area is 122 Å². The summed E-state index contributed by atoms with van der Waals surface area (Å²) in [4.78, 5) is 19.0. The maximum Gasteiger partial charge on any atom is 0.309 e. The average molecular weight is 281 g/mol. The Balaban J connectivity index is 1.84. The number of H-pyrrole nitrogens is 1. The molecule has 3 aromatic rings. The number of benzene rings is 2. The molecule has 106 valence electrons. The predicted octanol–water partition coefficient (Wildman–Crippen LogP) is 3.02. The fourth-order valence-electron chi connectivity index (χ4n) is 2.12. The highest BCUT2D eigenvalue weighted by molar-refractivity contribution is 5.81. The predicted molar refractivity (Wildman–Crippen MR) is 81.5 cm³/mol. The zero-order chi connectivity index (χ0) is 14.7. The summed E-state index contributed by atoms with van der Waals surface area (Å²) in [6.45, 7) is 0. The van der Waals surface area contributed by atoms with Crippen molar-refractivity contribution < 1.29 is 9.53 Å². The number of nitrogens with zero attached hydrogens (tertiary/aromatic N) is 1. The molecule has 0 atom stereocenters. The van der Waals surface area contributed by atoms with Crippen LogP contribution in [-0.2, 0) is 16.0 Å². The summed E-state index contributed by atoms with van der Waals surface area (Å²) in [6, 6.07) is 15.5. The zero-order valence-corrected chi connectivity index (χ0v) is 11.6. The molecule has 3 rings (SSSR count). The number of ether oxygens (including phenoxy) is 1. The molecule has 21 heavy (non-hydrogen) atoms. The summed E-state index contributed by atoms with van der Waals surface area (Å²) >= 11 is 0. The van der Waals surface area contributed by atoms with Crippen LogP contribution in [0.3, 0.4) is 0 Å². The van der Waals surface area contributed by atoms with Crippen LogP contribution in [0, 0.1) is 0 Å². The fraction of sp³-hybridized carbons (Fsp3) is 0.125. The maximum absolute atomic E-state index is 11.3. The van der Waals surface area contributed by atoms with E-state index in [-0.39, 0.29) is 12.4 Å². The van der Waals surface area contributed by atoms with E-state index in [1.807, 2.05) is 48.5 Å². The third kappa shape index (κ3) is 3.02. The van der Waals surface area contributed by atoms with Gasteiger partial charge in [0.1, 0.15) is 0 Å². The number of aromatic nitrogens is 2. The molecule has 1 aromatic heterocycles. The lowest BCUT2D eigenvalue weighted by Crippen LogP contribution is -2.04. The highest BCUT2D eigenvalue weighted by Gasteiger charge is 2.07. The van der Waals surface area contributed by atoms with Gasteiger partial charge in [-0.3, -0.25) is 4.79 Å². The van der Waals surface area contributed by atoms with E-state index in [9.17, 15) is 4.79 Å². The van der Waals surface area contributed by atoms with Crippen molar-refractivity contribution in [2.24, 2.45) is 0 Å². The Morgan fingerprint density at radius 1 is 1.24 bits per heavy atom. The van der Waals surface area contributed by atoms with Crippen molar-refractivity contribution >= 4 is 28.6 Å². The SMILES string of the molecule is COC(=O)Cc1ccc2[nH]c(Nc3ccccc3)nc2c1. The quantitative estimate of drug-likeness (QED) is 0.721. The molecule has 0 bridgehead atoms. The molecule has 0 aliphatic rings. The molecule has 0 spiro atoms. The van der Waals surface area contributed by atoms with Crippen molar-refractivity contribution in [3.8, 4) is 0 Å². The van der Waals surface area contributed by atoms with Gasteiger partial charge in [0.25, 0.3) is 0 Å². The Kier molecular flexibility index (Phi) is 3.55. The third-order valence-corrected chi connectivity index (χ3v) is 3.16. The van der Waals surface area contributed by atoms with Gasteiger partial charge in [-0.1, -0.05) is 24.3 Å². The van der Waals surface area contributed by atoms with Crippen LogP contribution in [-0.4, -0.2) is 23.0 Å². The normalized spacial score (nSPS) is 10.5. The van der Waals surface area contributed by atoms with Gasteiger partial charge in [0, 0.05) is 5.69 Å². The minimum absolute atomic E-state index is 0.251. The molecular formula is C16H15N3O2. The lowest BCUT2D eigenvalue weighted by atomic mass is 10.1. The summed E-state index contributed by atoms with van der Waals surface area (Å²) in [5, 5.41) is 3.21. The van der Waals surface area contributed by atoms with Crippen LogP contribution in [0.25, 0.3) is 11.0 Å². The number of methoxy groups -OCH3 is 1. The third-order valence-electron chi connectivity index (χ3n) is 3.16. The molecule has 0 aliphatic carbocycles. The highest BCUT2D eigenvalue weighted by atomic mass is 16.5. The van der Waals surface area contributed by atoms with Crippen molar-refractivity contribution in [1.29, 1.82) is 0 Å². The highest BCUT2D eigenvalue weighted by Crippen LogP contribution is 2.19. The number of para-hydroxylation sites is 1. The lowest BCUT2D eigenvalue weighted by Gasteiger charge is -2.00. The van der Waals surface area contributed by atoms with Crippen molar-refractivity contribution in [2.45, 2.75) is 6.42 Å². The number of hydrogen-bond donors (Lipinski definition) is 2. The number of imidazole rings is 1. The number of carbonyl (C=O) groups excluding carboxylic acids is 1. The number of aromatic amines is 1. The number of anilines is 2. The van der Waals surface area contributed by atoms with Crippen LogP contribution in [0.1, 0.15) is 5.56 Å². The van der Waals surface area contributed by atoms with Gasteiger partial charge >= 0.3 is 5.97 Å². The van der Waals surface area contributed by atoms with Crippen LogP contribution in [0.2, 0.25) is 0 Å². The van der Waals surface area contributed by atoms with Crippen molar-refractivity contribution in [3.63, 3.8) is 0 Å². The number of fused-ring (bicyclic) bond motifs is 1. The lowest BCUT2D eigenvalue weighted by molar-refractivity contribution is -0.139. The van der Waals surface area contributed by atoms with Gasteiger partial charge in [0.15, 0.2) is 0 Å². The van der Waals surface area contributed by atoms with Gasteiger partial charge in [-0.15, -0.1) is 0 Å². The second kappa shape index (κ2) is 5.66. The fourth-order valence-corrected chi connectivity index (χ4v) is 2.12. The Morgan fingerprint density at radius 3 is 2.81 bits per heavy atom. The molecule has 0 unspecified atom stereocenters. The van der Waals surface area contributed by atoms with E-state index < -0.39 is 0 Å². The van der Waals surface area contributed by atoms with Gasteiger partial charge in [-0.2, -0.15) is 0 Å². The Hall–Kier alpha value is -2.82. The van der Waals surface area contributed by atoms with E-state index in [0.29, 0.717) is 5.95 Å². The van der Waals surface area contributed by atoms with Crippen LogP contribution >= 0.6 is 0 Å². The number of hydrogen-bond acceptors (Lipinski definition) is 4. The topological polar surface area (TPSA) is 67.0 Å². The molecule has 0 radical (unpaired) electrons. The number of nitrogens with one attached hydrogen (secondary N) is 2. The molecule has 0 saturated heterocycles.